The van der Waals surface area contributed by atoms with Gasteiger partial charge in [0.2, 0.25) is 5.69 Å². The third-order valence-electron chi connectivity index (χ3n) is 2.07. The standard InChI is InChI=1S/C10H10BrN3O3/c1-3-16-10(15)8-7(11)9(17-13-8)6-4-12-14(2)5-6/h4-5H,3H2,1-2H3. The first-order valence-corrected chi connectivity index (χ1v) is 5.74. The molecule has 2 aromatic heterocycles. The lowest BCUT2D eigenvalue weighted by atomic mass is 10.2. The predicted molar refractivity (Wildman–Crippen MR) is 62.4 cm³/mol. The SMILES string of the molecule is CCOC(=O)c1noc(-c2cnn(C)c2)c1Br. The van der Waals surface area contributed by atoms with Crippen LogP contribution in [0.2, 0.25) is 0 Å². The minimum absolute atomic E-state index is 0.130. The summed E-state index contributed by atoms with van der Waals surface area (Å²) in [5.74, 6) is -0.0561. The molecule has 0 radical (unpaired) electrons. The zero-order chi connectivity index (χ0) is 12.4. The average Bonchev–Trinajstić information content (AvgIpc) is 2.85. The monoisotopic (exact) mass is 299 g/mol. The van der Waals surface area contributed by atoms with Crippen molar-refractivity contribution >= 4 is 21.9 Å². The maximum atomic E-state index is 11.5. The quantitative estimate of drug-likeness (QED) is 0.811. The molecule has 2 heterocycles. The van der Waals surface area contributed by atoms with Gasteiger partial charge in [-0.3, -0.25) is 4.68 Å². The number of aromatic nitrogens is 3. The van der Waals surface area contributed by atoms with Crippen LogP contribution in [0.25, 0.3) is 11.3 Å². The second kappa shape index (κ2) is 4.70. The summed E-state index contributed by atoms with van der Waals surface area (Å²) in [7, 11) is 1.79. The molecule has 0 spiro atoms. The third kappa shape index (κ3) is 2.23. The fourth-order valence-electron chi connectivity index (χ4n) is 1.32. The van der Waals surface area contributed by atoms with Gasteiger partial charge in [0.15, 0.2) is 5.76 Å². The Labute approximate surface area is 106 Å². The van der Waals surface area contributed by atoms with E-state index in [9.17, 15) is 4.79 Å². The number of esters is 1. The number of hydrogen-bond donors (Lipinski definition) is 0. The van der Waals surface area contributed by atoms with Crippen molar-refractivity contribution in [3.05, 3.63) is 22.6 Å². The second-order valence-electron chi connectivity index (χ2n) is 3.30. The van der Waals surface area contributed by atoms with Crippen LogP contribution in [0.3, 0.4) is 0 Å². The molecular formula is C10H10BrN3O3. The summed E-state index contributed by atoms with van der Waals surface area (Å²) in [6.07, 6.45) is 3.39. The molecule has 17 heavy (non-hydrogen) atoms. The number of carbonyl (C=O) groups excluding carboxylic acids is 1. The highest BCUT2D eigenvalue weighted by Gasteiger charge is 2.22. The summed E-state index contributed by atoms with van der Waals surface area (Å²) in [6, 6.07) is 0. The van der Waals surface area contributed by atoms with E-state index in [2.05, 4.69) is 26.2 Å². The van der Waals surface area contributed by atoms with E-state index < -0.39 is 5.97 Å². The van der Waals surface area contributed by atoms with Crippen LogP contribution in [0.4, 0.5) is 0 Å². The van der Waals surface area contributed by atoms with E-state index in [-0.39, 0.29) is 5.69 Å². The molecular weight excluding hydrogens is 290 g/mol. The number of carbonyl (C=O) groups is 1. The van der Waals surface area contributed by atoms with Crippen LogP contribution >= 0.6 is 15.9 Å². The van der Waals surface area contributed by atoms with Gasteiger partial charge in [0.05, 0.1) is 18.4 Å². The number of halogens is 1. The van der Waals surface area contributed by atoms with Crippen molar-refractivity contribution in [3.63, 3.8) is 0 Å². The van der Waals surface area contributed by atoms with Crippen LogP contribution in [-0.2, 0) is 11.8 Å². The van der Waals surface area contributed by atoms with E-state index >= 15 is 0 Å². The molecule has 0 fully saturated rings. The van der Waals surface area contributed by atoms with Crippen molar-refractivity contribution in [2.45, 2.75) is 6.92 Å². The zero-order valence-corrected chi connectivity index (χ0v) is 10.9. The van der Waals surface area contributed by atoms with Gasteiger partial charge in [-0.1, -0.05) is 5.16 Å². The Hall–Kier alpha value is -1.63. The Balaban J connectivity index is 2.36. The van der Waals surface area contributed by atoms with Gasteiger partial charge in [0.1, 0.15) is 4.47 Å². The molecule has 0 aliphatic rings. The predicted octanol–water partition coefficient (Wildman–Crippen LogP) is 2.01. The number of ether oxygens (including phenoxy) is 1. The smallest absolute Gasteiger partial charge is 0.361 e. The van der Waals surface area contributed by atoms with Gasteiger partial charge in [0, 0.05) is 13.2 Å². The summed E-state index contributed by atoms with van der Waals surface area (Å²) in [6.45, 7) is 2.02. The maximum absolute atomic E-state index is 11.5. The molecule has 7 heteroatoms. The molecule has 90 valence electrons. The molecule has 0 amide bonds. The van der Waals surface area contributed by atoms with Crippen LogP contribution in [0.15, 0.2) is 21.4 Å². The third-order valence-corrected chi connectivity index (χ3v) is 2.81. The summed E-state index contributed by atoms with van der Waals surface area (Å²) in [5.41, 5.74) is 0.869. The minimum atomic E-state index is -0.515. The Morgan fingerprint density at radius 2 is 2.41 bits per heavy atom. The fourth-order valence-corrected chi connectivity index (χ4v) is 1.86. The topological polar surface area (TPSA) is 70.2 Å². The lowest BCUT2D eigenvalue weighted by Crippen LogP contribution is -2.05. The first-order valence-electron chi connectivity index (χ1n) is 4.94. The molecule has 0 aliphatic carbocycles. The van der Waals surface area contributed by atoms with E-state index in [4.69, 9.17) is 9.26 Å². The van der Waals surface area contributed by atoms with Gasteiger partial charge in [-0.25, -0.2) is 4.79 Å². The first kappa shape index (κ1) is 11.8. The summed E-state index contributed by atoms with van der Waals surface area (Å²) < 4.78 is 12.1. The molecule has 0 aliphatic heterocycles. The van der Waals surface area contributed by atoms with E-state index in [0.29, 0.717) is 16.8 Å². The van der Waals surface area contributed by atoms with Crippen LogP contribution in [0.1, 0.15) is 17.4 Å². The van der Waals surface area contributed by atoms with Gasteiger partial charge in [-0.05, 0) is 22.9 Å². The van der Waals surface area contributed by atoms with E-state index in [1.54, 1.807) is 31.0 Å². The molecule has 0 bridgehead atoms. The number of hydrogen-bond acceptors (Lipinski definition) is 5. The highest BCUT2D eigenvalue weighted by atomic mass is 79.9. The molecule has 0 aromatic carbocycles. The molecule has 6 nitrogen and oxygen atoms in total. The first-order chi connectivity index (χ1) is 8.13. The number of rotatable bonds is 3. The van der Waals surface area contributed by atoms with Crippen LogP contribution in [0, 0.1) is 0 Å². The molecule has 0 saturated carbocycles. The summed E-state index contributed by atoms with van der Waals surface area (Å²) in [4.78, 5) is 11.5. The maximum Gasteiger partial charge on any atom is 0.361 e. The summed E-state index contributed by atoms with van der Waals surface area (Å²) >= 11 is 3.27. The van der Waals surface area contributed by atoms with E-state index in [0.717, 1.165) is 5.56 Å². The Morgan fingerprint density at radius 1 is 1.65 bits per heavy atom. The van der Waals surface area contributed by atoms with Crippen molar-refractivity contribution in [2.75, 3.05) is 6.61 Å². The second-order valence-corrected chi connectivity index (χ2v) is 4.09. The largest absolute Gasteiger partial charge is 0.461 e. The Bertz CT molecular complexity index is 547. The fraction of sp³-hybridized carbons (Fsp3) is 0.300. The van der Waals surface area contributed by atoms with Crippen LogP contribution < -0.4 is 0 Å². The molecule has 0 unspecified atom stereocenters. The van der Waals surface area contributed by atoms with E-state index in [1.807, 2.05) is 0 Å². The van der Waals surface area contributed by atoms with Gasteiger partial charge in [-0.2, -0.15) is 5.10 Å². The van der Waals surface area contributed by atoms with E-state index in [1.165, 1.54) is 0 Å². The van der Waals surface area contributed by atoms with Crippen molar-refractivity contribution in [2.24, 2.45) is 7.05 Å². The lowest BCUT2D eigenvalue weighted by molar-refractivity contribution is 0.0513. The Morgan fingerprint density at radius 3 is 3.00 bits per heavy atom. The number of nitrogens with zero attached hydrogens (tertiary/aromatic N) is 3. The van der Waals surface area contributed by atoms with Gasteiger partial charge >= 0.3 is 5.97 Å². The van der Waals surface area contributed by atoms with Gasteiger partial charge in [0.25, 0.3) is 0 Å². The minimum Gasteiger partial charge on any atom is -0.461 e. The van der Waals surface area contributed by atoms with Crippen LogP contribution in [-0.4, -0.2) is 27.5 Å². The zero-order valence-electron chi connectivity index (χ0n) is 9.31. The van der Waals surface area contributed by atoms with Crippen molar-refractivity contribution < 1.29 is 14.1 Å². The summed E-state index contributed by atoms with van der Waals surface area (Å²) in [5, 5.41) is 7.70. The Kier molecular flexibility index (Phi) is 3.28. The molecule has 0 saturated heterocycles. The highest BCUT2D eigenvalue weighted by molar-refractivity contribution is 9.10. The number of aryl methyl sites for hydroxylation is 1. The average molecular weight is 300 g/mol. The lowest BCUT2D eigenvalue weighted by Gasteiger charge is -1.96. The van der Waals surface area contributed by atoms with Crippen molar-refractivity contribution in [1.29, 1.82) is 0 Å². The van der Waals surface area contributed by atoms with Gasteiger partial charge < -0.3 is 9.26 Å². The normalized spacial score (nSPS) is 10.5. The molecule has 0 N–H and O–H groups in total. The molecule has 0 atom stereocenters. The van der Waals surface area contributed by atoms with Crippen molar-refractivity contribution in [3.8, 4) is 11.3 Å². The van der Waals surface area contributed by atoms with Crippen LogP contribution in [0.5, 0.6) is 0 Å². The molecule has 2 rings (SSSR count). The van der Waals surface area contributed by atoms with Gasteiger partial charge in [-0.15, -0.1) is 0 Å². The van der Waals surface area contributed by atoms with Crippen molar-refractivity contribution in [1.82, 2.24) is 14.9 Å². The molecule has 2 aromatic rings. The highest BCUT2D eigenvalue weighted by Crippen LogP contribution is 2.31.